The van der Waals surface area contributed by atoms with E-state index in [9.17, 15) is 4.79 Å². The molecular formula is C14H18BrN3OS. The lowest BCUT2D eigenvalue weighted by molar-refractivity contribution is -0.119. The molecule has 4 nitrogen and oxygen atoms in total. The molecule has 2 rings (SSSR count). The second-order valence-electron chi connectivity index (χ2n) is 5.13. The van der Waals surface area contributed by atoms with Gasteiger partial charge in [-0.25, -0.2) is 0 Å². The van der Waals surface area contributed by atoms with E-state index in [0.29, 0.717) is 17.3 Å². The smallest absolute Gasteiger partial charge is 0.217 e. The maximum atomic E-state index is 11.0. The van der Waals surface area contributed by atoms with Crippen molar-refractivity contribution in [1.82, 2.24) is 0 Å². The molecule has 6 heteroatoms. The number of rotatable bonds is 4. The Hall–Kier alpha value is -1.14. The number of nitrogens with two attached hydrogens (primary N) is 2. The van der Waals surface area contributed by atoms with Gasteiger partial charge in [0.25, 0.3) is 0 Å². The fourth-order valence-corrected chi connectivity index (χ4v) is 3.17. The van der Waals surface area contributed by atoms with Crippen molar-refractivity contribution in [2.75, 3.05) is 18.0 Å². The third-order valence-electron chi connectivity index (χ3n) is 3.67. The van der Waals surface area contributed by atoms with E-state index in [-0.39, 0.29) is 5.91 Å². The van der Waals surface area contributed by atoms with Crippen molar-refractivity contribution in [2.45, 2.75) is 19.3 Å². The number of benzene rings is 1. The van der Waals surface area contributed by atoms with Crippen molar-refractivity contribution in [3.63, 3.8) is 0 Å². The molecular weight excluding hydrogens is 338 g/mol. The summed E-state index contributed by atoms with van der Waals surface area (Å²) in [5.74, 6) is 0.184. The van der Waals surface area contributed by atoms with E-state index in [4.69, 9.17) is 23.7 Å². The first kappa shape index (κ1) is 15.3. The zero-order chi connectivity index (χ0) is 14.7. The molecule has 1 aromatic carbocycles. The number of nitrogens with zero attached hydrogens (tertiary/aromatic N) is 1. The molecule has 1 saturated heterocycles. The van der Waals surface area contributed by atoms with Crippen LogP contribution in [0.1, 0.15) is 24.8 Å². The number of thiocarbonyl (C=S) groups is 1. The molecule has 1 fully saturated rings. The Morgan fingerprint density at radius 1 is 1.35 bits per heavy atom. The summed E-state index contributed by atoms with van der Waals surface area (Å²) < 4.78 is 0.965. The Labute approximate surface area is 132 Å². The van der Waals surface area contributed by atoms with E-state index < -0.39 is 0 Å². The van der Waals surface area contributed by atoms with E-state index in [2.05, 4.69) is 20.8 Å². The van der Waals surface area contributed by atoms with Crippen molar-refractivity contribution in [3.8, 4) is 0 Å². The minimum Gasteiger partial charge on any atom is -0.389 e. The molecule has 0 spiro atoms. The first-order chi connectivity index (χ1) is 9.47. The SMILES string of the molecule is NC(=O)CC1CCN(c2ccc(Br)cc2C(N)=S)CC1. The van der Waals surface area contributed by atoms with Gasteiger partial charge in [-0.15, -0.1) is 0 Å². The molecule has 20 heavy (non-hydrogen) atoms. The van der Waals surface area contributed by atoms with Gasteiger partial charge in [-0.3, -0.25) is 4.79 Å². The number of primary amides is 1. The van der Waals surface area contributed by atoms with Crippen LogP contribution in [-0.2, 0) is 4.79 Å². The molecule has 1 aliphatic heterocycles. The van der Waals surface area contributed by atoms with Gasteiger partial charge in [0, 0.05) is 35.2 Å². The molecule has 0 radical (unpaired) electrons. The number of anilines is 1. The molecule has 0 unspecified atom stereocenters. The number of carbonyl (C=O) groups is 1. The summed E-state index contributed by atoms with van der Waals surface area (Å²) in [6.07, 6.45) is 2.42. The summed E-state index contributed by atoms with van der Waals surface area (Å²) in [6.45, 7) is 1.80. The summed E-state index contributed by atoms with van der Waals surface area (Å²) in [7, 11) is 0. The first-order valence-corrected chi connectivity index (χ1v) is 7.80. The number of hydrogen-bond donors (Lipinski definition) is 2. The number of amides is 1. The molecule has 1 aromatic rings. The fraction of sp³-hybridized carbons (Fsp3) is 0.429. The molecule has 108 valence electrons. The minimum absolute atomic E-state index is 0.212. The van der Waals surface area contributed by atoms with Crippen LogP contribution in [0.25, 0.3) is 0 Å². The van der Waals surface area contributed by atoms with Gasteiger partial charge in [-0.1, -0.05) is 28.1 Å². The Balaban J connectivity index is 2.11. The summed E-state index contributed by atoms with van der Waals surface area (Å²) in [5, 5.41) is 0. The normalized spacial score (nSPS) is 16.1. The molecule has 4 N–H and O–H groups in total. The number of piperidine rings is 1. The van der Waals surface area contributed by atoms with Crippen molar-refractivity contribution >= 4 is 44.7 Å². The monoisotopic (exact) mass is 355 g/mol. The number of halogens is 1. The molecule has 0 saturated carbocycles. The van der Waals surface area contributed by atoms with Crippen LogP contribution in [0.5, 0.6) is 0 Å². The van der Waals surface area contributed by atoms with E-state index in [1.165, 1.54) is 0 Å². The zero-order valence-electron chi connectivity index (χ0n) is 11.1. The van der Waals surface area contributed by atoms with Crippen LogP contribution in [0.2, 0.25) is 0 Å². The van der Waals surface area contributed by atoms with Gasteiger partial charge in [0.05, 0.1) is 0 Å². The summed E-state index contributed by atoms with van der Waals surface area (Å²) in [6, 6.07) is 5.98. The second kappa shape index (κ2) is 6.54. The van der Waals surface area contributed by atoms with Gasteiger partial charge < -0.3 is 16.4 Å². The molecule has 1 amide bonds. The van der Waals surface area contributed by atoms with E-state index in [0.717, 1.165) is 41.7 Å². The van der Waals surface area contributed by atoms with Crippen LogP contribution in [0.3, 0.4) is 0 Å². The highest BCUT2D eigenvalue weighted by molar-refractivity contribution is 9.10. The highest BCUT2D eigenvalue weighted by Crippen LogP contribution is 2.29. The second-order valence-corrected chi connectivity index (χ2v) is 6.48. The lowest BCUT2D eigenvalue weighted by Crippen LogP contribution is -2.36. The van der Waals surface area contributed by atoms with Crippen molar-refractivity contribution < 1.29 is 4.79 Å². The van der Waals surface area contributed by atoms with Gasteiger partial charge in [-0.2, -0.15) is 0 Å². The third kappa shape index (κ3) is 3.70. The standard InChI is InChI=1S/C14H18BrN3OS/c15-10-1-2-12(11(8-10)14(17)20)18-5-3-9(4-6-18)7-13(16)19/h1-2,8-9H,3-7H2,(H2,16,19)(H2,17,20). The van der Waals surface area contributed by atoms with Crippen molar-refractivity contribution in [3.05, 3.63) is 28.2 Å². The molecule has 0 bridgehead atoms. The van der Waals surface area contributed by atoms with Gasteiger partial charge in [0.1, 0.15) is 4.99 Å². The van der Waals surface area contributed by atoms with Crippen molar-refractivity contribution in [2.24, 2.45) is 17.4 Å². The molecule has 0 aliphatic carbocycles. The predicted octanol–water partition coefficient (Wildman–Crippen LogP) is 2.18. The fourth-order valence-electron chi connectivity index (χ4n) is 2.64. The largest absolute Gasteiger partial charge is 0.389 e. The maximum absolute atomic E-state index is 11.0. The summed E-state index contributed by atoms with van der Waals surface area (Å²) in [4.78, 5) is 13.6. The van der Waals surface area contributed by atoms with Crippen LogP contribution >= 0.6 is 28.1 Å². The lowest BCUT2D eigenvalue weighted by Gasteiger charge is -2.34. The van der Waals surface area contributed by atoms with Crippen LogP contribution in [0, 0.1) is 5.92 Å². The topological polar surface area (TPSA) is 72.4 Å². The highest BCUT2D eigenvalue weighted by atomic mass is 79.9. The molecule has 1 heterocycles. The van der Waals surface area contributed by atoms with E-state index in [1.54, 1.807) is 0 Å². The molecule has 0 atom stereocenters. The number of hydrogen-bond acceptors (Lipinski definition) is 3. The van der Waals surface area contributed by atoms with Crippen LogP contribution in [0.15, 0.2) is 22.7 Å². The lowest BCUT2D eigenvalue weighted by atomic mass is 9.92. The van der Waals surface area contributed by atoms with Gasteiger partial charge in [-0.05, 0) is 37.0 Å². The summed E-state index contributed by atoms with van der Waals surface area (Å²) >= 11 is 8.57. The number of carbonyl (C=O) groups excluding carboxylic acids is 1. The van der Waals surface area contributed by atoms with Crippen molar-refractivity contribution in [1.29, 1.82) is 0 Å². The highest BCUT2D eigenvalue weighted by Gasteiger charge is 2.22. The Morgan fingerprint density at radius 3 is 2.55 bits per heavy atom. The Kier molecular flexibility index (Phi) is 4.99. The Bertz CT molecular complexity index is 527. The van der Waals surface area contributed by atoms with Crippen LogP contribution < -0.4 is 16.4 Å². The maximum Gasteiger partial charge on any atom is 0.217 e. The van der Waals surface area contributed by atoms with Gasteiger partial charge in [0.2, 0.25) is 5.91 Å². The average Bonchev–Trinajstić information content (AvgIpc) is 2.39. The van der Waals surface area contributed by atoms with Crippen LogP contribution in [-0.4, -0.2) is 24.0 Å². The van der Waals surface area contributed by atoms with Crippen LogP contribution in [0.4, 0.5) is 5.69 Å². The quantitative estimate of drug-likeness (QED) is 0.811. The van der Waals surface area contributed by atoms with E-state index in [1.807, 2.05) is 18.2 Å². The zero-order valence-corrected chi connectivity index (χ0v) is 13.5. The average molecular weight is 356 g/mol. The predicted molar refractivity (Wildman–Crippen MR) is 88.8 cm³/mol. The van der Waals surface area contributed by atoms with Gasteiger partial charge in [0.15, 0.2) is 0 Å². The third-order valence-corrected chi connectivity index (χ3v) is 4.38. The minimum atomic E-state index is -0.212. The molecule has 0 aromatic heterocycles. The first-order valence-electron chi connectivity index (χ1n) is 6.60. The Morgan fingerprint density at radius 2 is 2.00 bits per heavy atom. The van der Waals surface area contributed by atoms with Gasteiger partial charge >= 0.3 is 0 Å². The van der Waals surface area contributed by atoms with E-state index >= 15 is 0 Å². The summed E-state index contributed by atoms with van der Waals surface area (Å²) in [5.41, 5.74) is 13.0. The molecule has 1 aliphatic rings.